The summed E-state index contributed by atoms with van der Waals surface area (Å²) >= 11 is 6.08. The lowest BCUT2D eigenvalue weighted by molar-refractivity contribution is 1.58. The second-order valence-corrected chi connectivity index (χ2v) is 5.11. The molecule has 21 heavy (non-hydrogen) atoms. The maximum atomic E-state index is 6.08. The number of benzene rings is 3. The Morgan fingerprint density at radius 1 is 0.667 bits per heavy atom. The molecular formula is C20H13Cl. The van der Waals surface area contributed by atoms with Gasteiger partial charge in [0.1, 0.15) is 0 Å². The maximum absolute atomic E-state index is 6.08. The van der Waals surface area contributed by atoms with Crippen molar-refractivity contribution in [3.8, 4) is 23.0 Å². The Balaban J connectivity index is 2.03. The van der Waals surface area contributed by atoms with Crippen molar-refractivity contribution in [2.45, 2.75) is 0 Å². The molecule has 0 saturated carbocycles. The fourth-order valence-corrected chi connectivity index (χ4v) is 2.35. The fourth-order valence-electron chi connectivity index (χ4n) is 2.16. The van der Waals surface area contributed by atoms with Gasteiger partial charge >= 0.3 is 0 Å². The molecule has 0 saturated heterocycles. The highest BCUT2D eigenvalue weighted by molar-refractivity contribution is 6.30. The number of halogens is 1. The molecule has 100 valence electrons. The van der Waals surface area contributed by atoms with Crippen molar-refractivity contribution >= 4 is 11.6 Å². The van der Waals surface area contributed by atoms with E-state index in [4.69, 9.17) is 11.6 Å². The lowest BCUT2D eigenvalue weighted by Crippen LogP contribution is -1.84. The van der Waals surface area contributed by atoms with Crippen molar-refractivity contribution in [1.29, 1.82) is 0 Å². The highest BCUT2D eigenvalue weighted by atomic mass is 35.5. The van der Waals surface area contributed by atoms with Crippen LogP contribution in [-0.4, -0.2) is 0 Å². The molecule has 0 aromatic heterocycles. The van der Waals surface area contributed by atoms with Gasteiger partial charge in [0.2, 0.25) is 0 Å². The Bertz CT molecular complexity index is 808. The molecule has 3 aromatic rings. The van der Waals surface area contributed by atoms with Crippen LogP contribution >= 0.6 is 11.6 Å². The van der Waals surface area contributed by atoms with Crippen molar-refractivity contribution in [1.82, 2.24) is 0 Å². The van der Waals surface area contributed by atoms with Gasteiger partial charge in [-0.2, -0.15) is 0 Å². The molecule has 0 spiro atoms. The highest BCUT2D eigenvalue weighted by Crippen LogP contribution is 2.25. The first-order valence-corrected chi connectivity index (χ1v) is 7.13. The molecule has 0 aliphatic carbocycles. The summed E-state index contributed by atoms with van der Waals surface area (Å²) in [5.41, 5.74) is 4.20. The van der Waals surface area contributed by atoms with E-state index in [-0.39, 0.29) is 0 Å². The summed E-state index contributed by atoms with van der Waals surface area (Å²) in [6, 6.07) is 26.0. The zero-order valence-electron chi connectivity index (χ0n) is 11.4. The smallest absolute Gasteiger partial charge is 0.0412 e. The quantitative estimate of drug-likeness (QED) is 0.525. The van der Waals surface area contributed by atoms with Crippen LogP contribution in [-0.2, 0) is 0 Å². The minimum Gasteiger partial charge on any atom is -0.0843 e. The molecule has 0 amide bonds. The predicted octanol–water partition coefficient (Wildman–Crippen LogP) is 5.41. The summed E-state index contributed by atoms with van der Waals surface area (Å²) in [5.74, 6) is 6.46. The zero-order chi connectivity index (χ0) is 14.5. The Morgan fingerprint density at radius 2 is 1.43 bits per heavy atom. The van der Waals surface area contributed by atoms with Crippen molar-refractivity contribution in [2.75, 3.05) is 0 Å². The lowest BCUT2D eigenvalue weighted by atomic mass is 10.00. The van der Waals surface area contributed by atoms with Crippen molar-refractivity contribution in [3.05, 3.63) is 95.0 Å². The molecule has 0 fully saturated rings. The first kappa shape index (κ1) is 13.5. The summed E-state index contributed by atoms with van der Waals surface area (Å²) < 4.78 is 0. The van der Waals surface area contributed by atoms with E-state index < -0.39 is 0 Å². The first-order chi connectivity index (χ1) is 10.3. The van der Waals surface area contributed by atoms with Crippen LogP contribution in [0, 0.1) is 11.8 Å². The summed E-state index contributed by atoms with van der Waals surface area (Å²) in [6.07, 6.45) is 0. The molecule has 0 heterocycles. The number of hydrogen-bond acceptors (Lipinski definition) is 0. The summed E-state index contributed by atoms with van der Waals surface area (Å²) in [7, 11) is 0. The van der Waals surface area contributed by atoms with Crippen LogP contribution in [0.4, 0.5) is 0 Å². The third-order valence-corrected chi connectivity index (χ3v) is 3.41. The molecule has 0 N–H and O–H groups in total. The van der Waals surface area contributed by atoms with Crippen LogP contribution < -0.4 is 0 Å². The lowest BCUT2D eigenvalue weighted by Gasteiger charge is -2.05. The van der Waals surface area contributed by atoms with E-state index in [2.05, 4.69) is 24.0 Å². The number of hydrogen-bond donors (Lipinski definition) is 0. The van der Waals surface area contributed by atoms with E-state index >= 15 is 0 Å². The van der Waals surface area contributed by atoms with E-state index in [0.29, 0.717) is 0 Å². The Kier molecular flexibility index (Phi) is 4.05. The minimum absolute atomic E-state index is 0.735. The normalized spacial score (nSPS) is 9.76. The average Bonchev–Trinajstić information content (AvgIpc) is 2.54. The minimum atomic E-state index is 0.735. The monoisotopic (exact) mass is 288 g/mol. The van der Waals surface area contributed by atoms with Gasteiger partial charge in [0.05, 0.1) is 0 Å². The second kappa shape index (κ2) is 6.31. The first-order valence-electron chi connectivity index (χ1n) is 6.75. The van der Waals surface area contributed by atoms with Crippen molar-refractivity contribution in [2.24, 2.45) is 0 Å². The molecule has 0 unspecified atom stereocenters. The van der Waals surface area contributed by atoms with Crippen LogP contribution in [0.25, 0.3) is 11.1 Å². The van der Waals surface area contributed by atoms with Gasteiger partial charge in [-0.05, 0) is 41.5 Å². The molecule has 0 aliphatic rings. The van der Waals surface area contributed by atoms with Crippen molar-refractivity contribution < 1.29 is 0 Å². The van der Waals surface area contributed by atoms with E-state index in [1.54, 1.807) is 0 Å². The largest absolute Gasteiger partial charge is 0.0843 e. The standard InChI is InChI=1S/C20H13Cl/c21-19-11-6-10-18(15-19)20-12-5-4-9-17(20)14-13-16-7-2-1-3-8-16/h1-12,15H. The molecule has 0 aliphatic heterocycles. The fraction of sp³-hybridized carbons (Fsp3) is 0. The Labute approximate surface area is 130 Å². The van der Waals surface area contributed by atoms with Gasteiger partial charge in [0.25, 0.3) is 0 Å². The van der Waals surface area contributed by atoms with Gasteiger partial charge in [-0.3, -0.25) is 0 Å². The average molecular weight is 289 g/mol. The molecule has 3 rings (SSSR count). The van der Waals surface area contributed by atoms with Gasteiger partial charge in [-0.25, -0.2) is 0 Å². The Hall–Kier alpha value is -2.49. The number of rotatable bonds is 1. The molecule has 0 atom stereocenters. The van der Waals surface area contributed by atoms with Crippen molar-refractivity contribution in [3.63, 3.8) is 0 Å². The highest BCUT2D eigenvalue weighted by Gasteiger charge is 2.02. The third kappa shape index (κ3) is 3.34. The van der Waals surface area contributed by atoms with Gasteiger partial charge < -0.3 is 0 Å². The van der Waals surface area contributed by atoms with Gasteiger partial charge in [-0.1, -0.05) is 72.0 Å². The molecule has 0 nitrogen and oxygen atoms in total. The molecule has 0 bridgehead atoms. The summed E-state index contributed by atoms with van der Waals surface area (Å²) in [4.78, 5) is 0. The van der Waals surface area contributed by atoms with Gasteiger partial charge in [0, 0.05) is 16.1 Å². The van der Waals surface area contributed by atoms with E-state index in [0.717, 1.165) is 27.3 Å². The van der Waals surface area contributed by atoms with E-state index in [1.165, 1.54) is 0 Å². The SMILES string of the molecule is Clc1cccc(-c2ccccc2C#Cc2ccccc2)c1. The van der Waals surface area contributed by atoms with Crippen LogP contribution in [0.15, 0.2) is 78.9 Å². The Morgan fingerprint density at radius 3 is 2.24 bits per heavy atom. The summed E-state index contributed by atoms with van der Waals surface area (Å²) in [5, 5.41) is 0.735. The van der Waals surface area contributed by atoms with Crippen LogP contribution in [0.3, 0.4) is 0 Å². The molecule has 0 radical (unpaired) electrons. The van der Waals surface area contributed by atoms with Gasteiger partial charge in [0.15, 0.2) is 0 Å². The van der Waals surface area contributed by atoms with E-state index in [1.807, 2.05) is 66.7 Å². The molecule has 1 heteroatoms. The van der Waals surface area contributed by atoms with Crippen LogP contribution in [0.2, 0.25) is 5.02 Å². The molecule has 3 aromatic carbocycles. The third-order valence-electron chi connectivity index (χ3n) is 3.18. The van der Waals surface area contributed by atoms with E-state index in [9.17, 15) is 0 Å². The predicted molar refractivity (Wildman–Crippen MR) is 89.3 cm³/mol. The van der Waals surface area contributed by atoms with Crippen LogP contribution in [0.5, 0.6) is 0 Å². The zero-order valence-corrected chi connectivity index (χ0v) is 12.1. The van der Waals surface area contributed by atoms with Gasteiger partial charge in [-0.15, -0.1) is 0 Å². The second-order valence-electron chi connectivity index (χ2n) is 4.67. The summed E-state index contributed by atoms with van der Waals surface area (Å²) in [6.45, 7) is 0. The topological polar surface area (TPSA) is 0 Å². The van der Waals surface area contributed by atoms with Crippen LogP contribution in [0.1, 0.15) is 11.1 Å². The molecular weight excluding hydrogens is 276 g/mol. The maximum Gasteiger partial charge on any atom is 0.0412 e.